The predicted octanol–water partition coefficient (Wildman–Crippen LogP) is 2.48. The Hall–Kier alpha value is -0.0800. The Morgan fingerprint density at radius 2 is 1.94 bits per heavy atom. The topological polar surface area (TPSA) is 29.3 Å². The highest BCUT2D eigenvalue weighted by Gasteiger charge is 2.41. The smallest absolute Gasteiger partial charge is 0.0298 e. The van der Waals surface area contributed by atoms with E-state index in [0.717, 1.165) is 17.8 Å². The Morgan fingerprint density at radius 1 is 1.25 bits per heavy atom. The van der Waals surface area contributed by atoms with Gasteiger partial charge in [-0.05, 0) is 71.4 Å². The molecule has 4 atom stereocenters. The fourth-order valence-electron chi connectivity index (χ4n) is 3.61. The lowest BCUT2D eigenvalue weighted by Crippen LogP contribution is -2.53. The SMILES string of the molecule is CN(C)C(C)(C)C(N)CC1CC2CCC1C2. The summed E-state index contributed by atoms with van der Waals surface area (Å²) in [6.45, 7) is 4.54. The summed E-state index contributed by atoms with van der Waals surface area (Å²) in [5, 5.41) is 0. The van der Waals surface area contributed by atoms with E-state index in [0.29, 0.717) is 6.04 Å². The molecule has 0 aromatic rings. The molecule has 0 aliphatic heterocycles. The van der Waals surface area contributed by atoms with Gasteiger partial charge in [-0.1, -0.05) is 6.42 Å². The van der Waals surface area contributed by atoms with Crippen LogP contribution in [0.15, 0.2) is 0 Å². The average Bonchev–Trinajstić information content (AvgIpc) is 2.78. The summed E-state index contributed by atoms with van der Waals surface area (Å²) in [5.41, 5.74) is 6.55. The molecule has 2 saturated carbocycles. The molecule has 16 heavy (non-hydrogen) atoms. The van der Waals surface area contributed by atoms with Crippen LogP contribution in [0.2, 0.25) is 0 Å². The summed E-state index contributed by atoms with van der Waals surface area (Å²) in [5.74, 6) is 2.98. The molecule has 0 aromatic carbocycles. The van der Waals surface area contributed by atoms with E-state index in [9.17, 15) is 0 Å². The van der Waals surface area contributed by atoms with E-state index in [1.807, 2.05) is 0 Å². The van der Waals surface area contributed by atoms with Crippen molar-refractivity contribution >= 4 is 0 Å². The summed E-state index contributed by atoms with van der Waals surface area (Å²) in [4.78, 5) is 2.27. The van der Waals surface area contributed by atoms with Crippen LogP contribution in [-0.4, -0.2) is 30.6 Å². The van der Waals surface area contributed by atoms with Crippen LogP contribution in [0.5, 0.6) is 0 Å². The molecule has 0 radical (unpaired) electrons. The van der Waals surface area contributed by atoms with E-state index >= 15 is 0 Å². The Morgan fingerprint density at radius 3 is 2.38 bits per heavy atom. The van der Waals surface area contributed by atoms with E-state index in [-0.39, 0.29) is 5.54 Å². The number of likely N-dealkylation sites (N-methyl/N-ethyl adjacent to an activating group) is 1. The third-order valence-corrected chi connectivity index (χ3v) is 5.50. The van der Waals surface area contributed by atoms with Gasteiger partial charge in [0.25, 0.3) is 0 Å². The molecule has 2 heteroatoms. The van der Waals surface area contributed by atoms with Gasteiger partial charge in [0.15, 0.2) is 0 Å². The second-order valence-corrected chi connectivity index (χ2v) is 6.83. The van der Waals surface area contributed by atoms with Gasteiger partial charge in [0, 0.05) is 11.6 Å². The van der Waals surface area contributed by atoms with Gasteiger partial charge in [-0.3, -0.25) is 0 Å². The van der Waals surface area contributed by atoms with Crippen molar-refractivity contribution in [3.63, 3.8) is 0 Å². The molecule has 0 saturated heterocycles. The minimum absolute atomic E-state index is 0.127. The molecule has 2 rings (SSSR count). The summed E-state index contributed by atoms with van der Waals surface area (Å²) in [7, 11) is 4.28. The van der Waals surface area contributed by atoms with Crippen molar-refractivity contribution in [1.29, 1.82) is 0 Å². The highest BCUT2D eigenvalue weighted by Crippen LogP contribution is 2.50. The maximum atomic E-state index is 6.42. The van der Waals surface area contributed by atoms with E-state index in [1.165, 1.54) is 32.1 Å². The molecule has 2 aliphatic rings. The second-order valence-electron chi connectivity index (χ2n) is 6.83. The van der Waals surface area contributed by atoms with Gasteiger partial charge < -0.3 is 10.6 Å². The van der Waals surface area contributed by atoms with Gasteiger partial charge >= 0.3 is 0 Å². The number of nitrogens with zero attached hydrogens (tertiary/aromatic N) is 1. The molecular weight excluding hydrogens is 196 g/mol. The van der Waals surface area contributed by atoms with Crippen LogP contribution in [0.3, 0.4) is 0 Å². The quantitative estimate of drug-likeness (QED) is 0.795. The van der Waals surface area contributed by atoms with Crippen LogP contribution >= 0.6 is 0 Å². The predicted molar refractivity (Wildman–Crippen MR) is 69.3 cm³/mol. The van der Waals surface area contributed by atoms with Crippen molar-refractivity contribution in [2.24, 2.45) is 23.5 Å². The lowest BCUT2D eigenvalue weighted by atomic mass is 9.79. The number of nitrogens with two attached hydrogens (primary N) is 1. The van der Waals surface area contributed by atoms with Crippen LogP contribution in [0.1, 0.15) is 46.0 Å². The Kier molecular flexibility index (Phi) is 3.33. The summed E-state index contributed by atoms with van der Waals surface area (Å²) in [6.07, 6.45) is 7.16. The van der Waals surface area contributed by atoms with Crippen LogP contribution < -0.4 is 5.73 Å². The molecule has 0 spiro atoms. The van der Waals surface area contributed by atoms with E-state index in [2.05, 4.69) is 32.8 Å². The lowest BCUT2D eigenvalue weighted by molar-refractivity contribution is 0.133. The first-order valence-electron chi connectivity index (χ1n) is 6.84. The van der Waals surface area contributed by atoms with Crippen molar-refractivity contribution in [3.8, 4) is 0 Å². The Balaban J connectivity index is 1.90. The van der Waals surface area contributed by atoms with Gasteiger partial charge in [0.2, 0.25) is 0 Å². The van der Waals surface area contributed by atoms with E-state index in [1.54, 1.807) is 0 Å². The molecule has 0 amide bonds. The summed E-state index contributed by atoms with van der Waals surface area (Å²) >= 11 is 0. The fraction of sp³-hybridized carbons (Fsp3) is 1.00. The van der Waals surface area contributed by atoms with Gasteiger partial charge in [0.05, 0.1) is 0 Å². The molecule has 2 fully saturated rings. The first-order valence-corrected chi connectivity index (χ1v) is 6.84. The fourth-order valence-corrected chi connectivity index (χ4v) is 3.61. The van der Waals surface area contributed by atoms with Crippen molar-refractivity contribution in [2.45, 2.75) is 57.5 Å². The maximum Gasteiger partial charge on any atom is 0.0298 e. The van der Waals surface area contributed by atoms with Crippen molar-refractivity contribution < 1.29 is 0 Å². The number of hydrogen-bond acceptors (Lipinski definition) is 2. The van der Waals surface area contributed by atoms with Crippen LogP contribution in [0, 0.1) is 17.8 Å². The molecule has 4 unspecified atom stereocenters. The minimum Gasteiger partial charge on any atom is -0.326 e. The standard InChI is InChI=1S/C14H28N2/c1-14(2,16(3)4)13(15)9-12-8-10-5-6-11(12)7-10/h10-13H,5-9,15H2,1-4H3. The molecule has 0 heterocycles. The van der Waals surface area contributed by atoms with Gasteiger partial charge in [-0.2, -0.15) is 0 Å². The average molecular weight is 224 g/mol. The van der Waals surface area contributed by atoms with Gasteiger partial charge in [-0.25, -0.2) is 0 Å². The zero-order valence-electron chi connectivity index (χ0n) is 11.4. The lowest BCUT2D eigenvalue weighted by Gasteiger charge is -2.40. The molecular formula is C14H28N2. The van der Waals surface area contributed by atoms with Crippen LogP contribution in [0.4, 0.5) is 0 Å². The zero-order chi connectivity index (χ0) is 11.9. The third-order valence-electron chi connectivity index (χ3n) is 5.50. The number of hydrogen-bond donors (Lipinski definition) is 1. The van der Waals surface area contributed by atoms with Crippen molar-refractivity contribution in [2.75, 3.05) is 14.1 Å². The minimum atomic E-state index is 0.127. The first-order chi connectivity index (χ1) is 7.41. The number of rotatable bonds is 4. The van der Waals surface area contributed by atoms with Crippen molar-refractivity contribution in [1.82, 2.24) is 4.90 Å². The monoisotopic (exact) mass is 224 g/mol. The normalized spacial score (nSPS) is 36.0. The Labute approximate surface area is 101 Å². The largest absolute Gasteiger partial charge is 0.326 e. The van der Waals surface area contributed by atoms with Gasteiger partial charge in [0.1, 0.15) is 0 Å². The van der Waals surface area contributed by atoms with Crippen molar-refractivity contribution in [3.05, 3.63) is 0 Å². The maximum absolute atomic E-state index is 6.42. The van der Waals surface area contributed by atoms with E-state index in [4.69, 9.17) is 5.73 Å². The molecule has 0 aromatic heterocycles. The zero-order valence-corrected chi connectivity index (χ0v) is 11.4. The highest BCUT2D eigenvalue weighted by atomic mass is 15.2. The number of fused-ring (bicyclic) bond motifs is 2. The van der Waals surface area contributed by atoms with Gasteiger partial charge in [-0.15, -0.1) is 0 Å². The highest BCUT2D eigenvalue weighted by molar-refractivity contribution is 4.96. The first kappa shape index (κ1) is 12.4. The molecule has 2 nitrogen and oxygen atoms in total. The Bertz CT molecular complexity index is 247. The van der Waals surface area contributed by atoms with Crippen LogP contribution in [-0.2, 0) is 0 Å². The molecule has 2 N–H and O–H groups in total. The molecule has 94 valence electrons. The molecule has 2 aliphatic carbocycles. The molecule has 2 bridgehead atoms. The summed E-state index contributed by atoms with van der Waals surface area (Å²) < 4.78 is 0. The summed E-state index contributed by atoms with van der Waals surface area (Å²) in [6, 6.07) is 0.312. The second kappa shape index (κ2) is 4.30. The third kappa shape index (κ3) is 2.14. The van der Waals surface area contributed by atoms with E-state index < -0.39 is 0 Å². The van der Waals surface area contributed by atoms with Crippen LogP contribution in [0.25, 0.3) is 0 Å².